The molecular weight excluding hydrogens is 376 g/mol. The van der Waals surface area contributed by atoms with E-state index < -0.39 is 0 Å². The minimum absolute atomic E-state index is 0.0468. The van der Waals surface area contributed by atoms with Crippen molar-refractivity contribution in [1.29, 1.82) is 0 Å². The Morgan fingerprint density at radius 2 is 1.73 bits per heavy atom. The molecule has 1 heterocycles. The van der Waals surface area contributed by atoms with Gasteiger partial charge in [-0.05, 0) is 36.4 Å². The molecule has 0 bridgehead atoms. The lowest BCUT2D eigenvalue weighted by molar-refractivity contribution is 0.102. The van der Waals surface area contributed by atoms with Crippen LogP contribution in [-0.2, 0) is 0 Å². The number of nitrogens with zero attached hydrogens (tertiary/aromatic N) is 2. The molecule has 0 aliphatic carbocycles. The smallest absolute Gasteiger partial charge is 0.277 e. The average Bonchev–Trinajstić information content (AvgIpc) is 3.15. The molecule has 0 spiro atoms. The topological polar surface area (TPSA) is 74.5 Å². The number of thioether (sulfide) groups is 1. The van der Waals surface area contributed by atoms with Crippen molar-refractivity contribution >= 4 is 29.1 Å². The molecule has 0 aliphatic rings. The number of aromatic nitrogens is 2. The highest BCUT2D eigenvalue weighted by Crippen LogP contribution is 2.30. The van der Waals surface area contributed by atoms with Gasteiger partial charge >= 0.3 is 0 Å². The highest BCUT2D eigenvalue weighted by molar-refractivity contribution is 7.99. The van der Waals surface area contributed by atoms with Crippen LogP contribution in [-0.4, -0.2) is 36.0 Å². The summed E-state index contributed by atoms with van der Waals surface area (Å²) >= 11 is 7.00. The summed E-state index contributed by atoms with van der Waals surface area (Å²) in [6, 6.07) is 12.0. The van der Waals surface area contributed by atoms with E-state index in [0.717, 1.165) is 0 Å². The van der Waals surface area contributed by atoms with Crippen LogP contribution in [0.5, 0.6) is 11.5 Å². The van der Waals surface area contributed by atoms with Crippen LogP contribution in [0.15, 0.2) is 52.1 Å². The maximum Gasteiger partial charge on any atom is 0.277 e. The molecule has 0 N–H and O–H groups in total. The molecule has 0 aliphatic heterocycles. The fourth-order valence-electron chi connectivity index (χ4n) is 2.16. The second-order valence-electron chi connectivity index (χ2n) is 5.19. The van der Waals surface area contributed by atoms with Gasteiger partial charge in [0, 0.05) is 22.2 Å². The van der Waals surface area contributed by atoms with Crippen LogP contribution in [0.1, 0.15) is 10.4 Å². The molecule has 0 atom stereocenters. The lowest BCUT2D eigenvalue weighted by atomic mass is 10.1. The molecule has 0 unspecified atom stereocenters. The van der Waals surface area contributed by atoms with Crippen molar-refractivity contribution in [1.82, 2.24) is 10.2 Å². The first kappa shape index (κ1) is 18.3. The molecule has 0 fully saturated rings. The number of ketones is 1. The predicted octanol–water partition coefficient (Wildman–Crippen LogP) is 4.38. The minimum atomic E-state index is -0.0468. The largest absolute Gasteiger partial charge is 0.497 e. The Balaban J connectivity index is 1.70. The van der Waals surface area contributed by atoms with Crippen LogP contribution in [0.4, 0.5) is 0 Å². The molecule has 0 saturated heterocycles. The first-order valence-electron chi connectivity index (χ1n) is 7.57. The molecule has 0 amide bonds. The second kappa shape index (κ2) is 8.25. The Hall–Kier alpha value is -2.51. The number of rotatable bonds is 7. The van der Waals surface area contributed by atoms with Crippen molar-refractivity contribution in [2.75, 3.05) is 20.0 Å². The maximum atomic E-state index is 12.2. The summed E-state index contributed by atoms with van der Waals surface area (Å²) in [5.41, 5.74) is 1.25. The molecule has 8 heteroatoms. The van der Waals surface area contributed by atoms with Crippen LogP contribution in [0.3, 0.4) is 0 Å². The average molecular weight is 391 g/mol. The fraction of sp³-hybridized carbons (Fsp3) is 0.167. The SMILES string of the molecule is COc1cc(OC)cc(-c2nnc(SCC(=O)c3ccc(Cl)cc3)o2)c1. The minimum Gasteiger partial charge on any atom is -0.497 e. The quantitative estimate of drug-likeness (QED) is 0.437. The summed E-state index contributed by atoms with van der Waals surface area (Å²) in [6.45, 7) is 0. The number of Topliss-reactive ketones (excluding diaryl/α,β-unsaturated/α-hetero) is 1. The van der Waals surface area contributed by atoms with Gasteiger partial charge in [-0.1, -0.05) is 23.4 Å². The Morgan fingerprint density at radius 1 is 1.08 bits per heavy atom. The van der Waals surface area contributed by atoms with Gasteiger partial charge in [0.15, 0.2) is 5.78 Å². The number of methoxy groups -OCH3 is 2. The summed E-state index contributed by atoms with van der Waals surface area (Å²) in [6.07, 6.45) is 0. The van der Waals surface area contributed by atoms with E-state index in [1.54, 1.807) is 56.7 Å². The van der Waals surface area contributed by atoms with Crippen molar-refractivity contribution in [2.45, 2.75) is 5.22 Å². The van der Waals surface area contributed by atoms with E-state index in [1.165, 1.54) is 11.8 Å². The predicted molar refractivity (Wildman–Crippen MR) is 99.3 cm³/mol. The van der Waals surface area contributed by atoms with Gasteiger partial charge in [0.25, 0.3) is 5.22 Å². The van der Waals surface area contributed by atoms with E-state index in [-0.39, 0.29) is 11.5 Å². The Bertz CT molecular complexity index is 890. The van der Waals surface area contributed by atoms with Crippen LogP contribution in [0, 0.1) is 0 Å². The molecule has 0 radical (unpaired) electrons. The standard InChI is InChI=1S/C18H15ClN2O4S/c1-23-14-7-12(8-15(9-14)24-2)17-20-21-18(25-17)26-10-16(22)11-3-5-13(19)6-4-11/h3-9H,10H2,1-2H3. The van der Waals surface area contributed by atoms with E-state index in [9.17, 15) is 4.79 Å². The van der Waals surface area contributed by atoms with Gasteiger partial charge in [-0.2, -0.15) is 0 Å². The number of hydrogen-bond acceptors (Lipinski definition) is 7. The van der Waals surface area contributed by atoms with Gasteiger partial charge in [0.1, 0.15) is 11.5 Å². The Labute approximate surface area is 159 Å². The summed E-state index contributed by atoms with van der Waals surface area (Å²) < 4.78 is 16.1. The number of hydrogen-bond donors (Lipinski definition) is 0. The molecule has 0 saturated carbocycles. The van der Waals surface area contributed by atoms with Crippen LogP contribution < -0.4 is 9.47 Å². The zero-order valence-electron chi connectivity index (χ0n) is 14.1. The maximum absolute atomic E-state index is 12.2. The second-order valence-corrected chi connectivity index (χ2v) is 6.56. The molecule has 3 rings (SSSR count). The zero-order valence-corrected chi connectivity index (χ0v) is 15.6. The van der Waals surface area contributed by atoms with Crippen LogP contribution in [0.25, 0.3) is 11.5 Å². The number of carbonyl (C=O) groups is 1. The van der Waals surface area contributed by atoms with Gasteiger partial charge in [-0.3, -0.25) is 4.79 Å². The third-order valence-electron chi connectivity index (χ3n) is 3.50. The number of carbonyl (C=O) groups excluding carboxylic acids is 1. The molecule has 3 aromatic rings. The summed E-state index contributed by atoms with van der Waals surface area (Å²) in [5, 5.41) is 8.89. The van der Waals surface area contributed by atoms with Crippen molar-refractivity contribution in [3.8, 4) is 23.0 Å². The fourth-order valence-corrected chi connectivity index (χ4v) is 2.95. The van der Waals surface area contributed by atoms with E-state index in [4.69, 9.17) is 25.5 Å². The number of halogens is 1. The zero-order chi connectivity index (χ0) is 18.5. The molecule has 2 aromatic carbocycles. The monoisotopic (exact) mass is 390 g/mol. The Kier molecular flexibility index (Phi) is 5.80. The normalized spacial score (nSPS) is 10.6. The summed E-state index contributed by atoms with van der Waals surface area (Å²) in [5.74, 6) is 1.69. The van der Waals surface area contributed by atoms with E-state index in [0.29, 0.717) is 38.8 Å². The third kappa shape index (κ3) is 4.36. The van der Waals surface area contributed by atoms with Crippen molar-refractivity contribution in [2.24, 2.45) is 0 Å². The van der Waals surface area contributed by atoms with E-state index in [2.05, 4.69) is 10.2 Å². The Morgan fingerprint density at radius 3 is 2.35 bits per heavy atom. The lowest BCUT2D eigenvalue weighted by Gasteiger charge is -2.05. The summed E-state index contributed by atoms with van der Waals surface area (Å²) in [7, 11) is 3.13. The van der Waals surface area contributed by atoms with Crippen molar-refractivity contribution in [3.05, 3.63) is 53.1 Å². The number of benzene rings is 2. The lowest BCUT2D eigenvalue weighted by Crippen LogP contribution is -2.01. The van der Waals surface area contributed by atoms with E-state index in [1.807, 2.05) is 0 Å². The molecule has 26 heavy (non-hydrogen) atoms. The molecule has 6 nitrogen and oxygen atoms in total. The van der Waals surface area contributed by atoms with E-state index >= 15 is 0 Å². The van der Waals surface area contributed by atoms with Crippen molar-refractivity contribution < 1.29 is 18.7 Å². The van der Waals surface area contributed by atoms with Gasteiger partial charge in [-0.15, -0.1) is 10.2 Å². The molecular formula is C18H15ClN2O4S. The third-order valence-corrected chi connectivity index (χ3v) is 4.57. The van der Waals surface area contributed by atoms with Gasteiger partial charge < -0.3 is 13.9 Å². The summed E-state index contributed by atoms with van der Waals surface area (Å²) in [4.78, 5) is 12.2. The highest BCUT2D eigenvalue weighted by Gasteiger charge is 2.14. The highest BCUT2D eigenvalue weighted by atomic mass is 35.5. The van der Waals surface area contributed by atoms with Crippen LogP contribution in [0.2, 0.25) is 5.02 Å². The molecule has 1 aromatic heterocycles. The van der Waals surface area contributed by atoms with Gasteiger partial charge in [0.05, 0.1) is 20.0 Å². The van der Waals surface area contributed by atoms with Crippen molar-refractivity contribution in [3.63, 3.8) is 0 Å². The number of ether oxygens (including phenoxy) is 2. The van der Waals surface area contributed by atoms with Crippen LogP contribution >= 0.6 is 23.4 Å². The van der Waals surface area contributed by atoms with Gasteiger partial charge in [0.2, 0.25) is 5.89 Å². The molecule has 134 valence electrons. The van der Waals surface area contributed by atoms with Gasteiger partial charge in [-0.25, -0.2) is 0 Å². The first-order chi connectivity index (χ1) is 12.6. The first-order valence-corrected chi connectivity index (χ1v) is 8.94.